The van der Waals surface area contributed by atoms with E-state index in [1.54, 1.807) is 36.5 Å². The van der Waals surface area contributed by atoms with E-state index in [2.05, 4.69) is 22.2 Å². The Morgan fingerprint density at radius 3 is 2.87 bits per heavy atom. The number of hydrogen-bond acceptors (Lipinski definition) is 5. The van der Waals surface area contributed by atoms with Crippen LogP contribution in [0.2, 0.25) is 0 Å². The number of amides is 1. The van der Waals surface area contributed by atoms with E-state index in [-0.39, 0.29) is 11.6 Å². The molecule has 1 N–H and O–H groups in total. The number of nitriles is 1. The zero-order valence-corrected chi connectivity index (χ0v) is 13.3. The number of aromatic nitrogens is 2. The van der Waals surface area contributed by atoms with Gasteiger partial charge in [0.05, 0.1) is 11.3 Å². The minimum atomic E-state index is -0.361. The van der Waals surface area contributed by atoms with Crippen molar-refractivity contribution in [1.29, 1.82) is 5.26 Å². The number of carbonyl (C=O) groups excluding carboxylic acids is 1. The first-order chi connectivity index (χ1) is 11.2. The predicted molar refractivity (Wildman–Crippen MR) is 89.3 cm³/mol. The van der Waals surface area contributed by atoms with Crippen LogP contribution in [-0.2, 0) is 0 Å². The molecule has 0 aliphatic rings. The lowest BCUT2D eigenvalue weighted by atomic mass is 10.2. The highest BCUT2D eigenvalue weighted by Crippen LogP contribution is 2.15. The molecular weight excluding hydrogens is 290 g/mol. The summed E-state index contributed by atoms with van der Waals surface area (Å²) in [5.41, 5.74) is 1.15. The molecule has 1 aromatic carbocycles. The third-order valence-corrected chi connectivity index (χ3v) is 3.36. The van der Waals surface area contributed by atoms with Gasteiger partial charge in [0.1, 0.15) is 11.8 Å². The molecule has 1 amide bonds. The van der Waals surface area contributed by atoms with Crippen molar-refractivity contribution in [2.45, 2.75) is 19.8 Å². The van der Waals surface area contributed by atoms with Crippen molar-refractivity contribution in [3.8, 4) is 6.07 Å². The molecule has 118 valence electrons. The third kappa shape index (κ3) is 4.27. The molecule has 0 saturated carbocycles. The number of nitrogens with one attached hydrogen (secondary N) is 1. The van der Waals surface area contributed by atoms with Crippen molar-refractivity contribution >= 4 is 17.5 Å². The molecule has 0 unspecified atom stereocenters. The maximum absolute atomic E-state index is 12.3. The van der Waals surface area contributed by atoms with Crippen LogP contribution < -0.4 is 10.2 Å². The number of benzene rings is 1. The Balaban J connectivity index is 2.15. The van der Waals surface area contributed by atoms with Crippen LogP contribution in [0.15, 0.2) is 36.5 Å². The van der Waals surface area contributed by atoms with E-state index in [1.165, 1.54) is 0 Å². The lowest BCUT2D eigenvalue weighted by Crippen LogP contribution is -2.23. The van der Waals surface area contributed by atoms with Crippen LogP contribution in [0, 0.1) is 11.3 Å². The van der Waals surface area contributed by atoms with E-state index in [0.29, 0.717) is 17.2 Å². The highest BCUT2D eigenvalue weighted by molar-refractivity contribution is 6.03. The van der Waals surface area contributed by atoms with Crippen LogP contribution in [0.5, 0.6) is 0 Å². The Bertz CT molecular complexity index is 723. The Labute approximate surface area is 135 Å². The van der Waals surface area contributed by atoms with Crippen LogP contribution in [0.4, 0.5) is 11.6 Å². The van der Waals surface area contributed by atoms with E-state index < -0.39 is 0 Å². The van der Waals surface area contributed by atoms with E-state index in [9.17, 15) is 4.79 Å². The van der Waals surface area contributed by atoms with Crippen molar-refractivity contribution in [3.63, 3.8) is 0 Å². The second-order valence-corrected chi connectivity index (χ2v) is 5.13. The van der Waals surface area contributed by atoms with Crippen molar-refractivity contribution in [2.75, 3.05) is 23.8 Å². The summed E-state index contributed by atoms with van der Waals surface area (Å²) in [6.45, 7) is 2.95. The zero-order valence-electron chi connectivity index (χ0n) is 13.3. The maximum Gasteiger partial charge on any atom is 0.274 e. The quantitative estimate of drug-likeness (QED) is 0.887. The summed E-state index contributed by atoms with van der Waals surface area (Å²) in [5, 5.41) is 11.8. The van der Waals surface area contributed by atoms with E-state index in [4.69, 9.17) is 5.26 Å². The highest BCUT2D eigenvalue weighted by atomic mass is 16.1. The SMILES string of the molecule is CCCCN(C)c1nccc(C(=O)Nc2ccccc2C#N)n1. The summed E-state index contributed by atoms with van der Waals surface area (Å²) in [5.74, 6) is 0.153. The lowest BCUT2D eigenvalue weighted by Gasteiger charge is -2.16. The smallest absolute Gasteiger partial charge is 0.274 e. The molecule has 0 fully saturated rings. The number of unbranched alkanes of at least 4 members (excludes halogenated alkanes) is 1. The number of nitrogens with zero attached hydrogens (tertiary/aromatic N) is 4. The van der Waals surface area contributed by atoms with Gasteiger partial charge in [-0.1, -0.05) is 25.5 Å². The molecular formula is C17H19N5O. The van der Waals surface area contributed by atoms with Gasteiger partial charge >= 0.3 is 0 Å². The number of para-hydroxylation sites is 1. The molecule has 0 radical (unpaired) electrons. The highest BCUT2D eigenvalue weighted by Gasteiger charge is 2.12. The Morgan fingerprint density at radius 1 is 1.35 bits per heavy atom. The summed E-state index contributed by atoms with van der Waals surface area (Å²) in [7, 11) is 1.90. The molecule has 1 heterocycles. The fourth-order valence-electron chi connectivity index (χ4n) is 2.03. The Hall–Kier alpha value is -2.94. The Morgan fingerprint density at radius 2 is 2.13 bits per heavy atom. The second-order valence-electron chi connectivity index (χ2n) is 5.13. The molecule has 2 rings (SSSR count). The average Bonchev–Trinajstić information content (AvgIpc) is 2.60. The molecule has 0 aliphatic heterocycles. The predicted octanol–water partition coefficient (Wildman–Crippen LogP) is 2.84. The van der Waals surface area contributed by atoms with Gasteiger partial charge in [-0.15, -0.1) is 0 Å². The molecule has 23 heavy (non-hydrogen) atoms. The molecule has 0 atom stereocenters. The largest absolute Gasteiger partial charge is 0.344 e. The summed E-state index contributed by atoms with van der Waals surface area (Å²) >= 11 is 0. The minimum absolute atomic E-state index is 0.270. The van der Waals surface area contributed by atoms with Gasteiger partial charge in [0.2, 0.25) is 5.95 Å². The summed E-state index contributed by atoms with van der Waals surface area (Å²) in [6.07, 6.45) is 3.68. The summed E-state index contributed by atoms with van der Waals surface area (Å²) in [6, 6.07) is 10.5. The minimum Gasteiger partial charge on any atom is -0.344 e. The van der Waals surface area contributed by atoms with Gasteiger partial charge in [0, 0.05) is 19.8 Å². The maximum atomic E-state index is 12.3. The normalized spacial score (nSPS) is 9.96. The van der Waals surface area contributed by atoms with Crippen LogP contribution >= 0.6 is 0 Å². The summed E-state index contributed by atoms with van der Waals surface area (Å²) in [4.78, 5) is 22.8. The fourth-order valence-corrected chi connectivity index (χ4v) is 2.03. The van der Waals surface area contributed by atoms with E-state index in [1.807, 2.05) is 18.0 Å². The molecule has 0 spiro atoms. The van der Waals surface area contributed by atoms with Crippen molar-refractivity contribution < 1.29 is 4.79 Å². The number of carbonyl (C=O) groups is 1. The van der Waals surface area contributed by atoms with Crippen LogP contribution in [0.25, 0.3) is 0 Å². The van der Waals surface area contributed by atoms with Gasteiger partial charge in [-0.25, -0.2) is 9.97 Å². The lowest BCUT2D eigenvalue weighted by molar-refractivity contribution is 0.102. The van der Waals surface area contributed by atoms with Crippen molar-refractivity contribution in [2.24, 2.45) is 0 Å². The molecule has 0 saturated heterocycles. The third-order valence-electron chi connectivity index (χ3n) is 3.36. The average molecular weight is 309 g/mol. The van der Waals surface area contributed by atoms with Gasteiger partial charge < -0.3 is 10.2 Å². The van der Waals surface area contributed by atoms with Crippen LogP contribution in [-0.4, -0.2) is 29.5 Å². The molecule has 1 aromatic heterocycles. The first-order valence-electron chi connectivity index (χ1n) is 7.50. The van der Waals surface area contributed by atoms with Crippen molar-refractivity contribution in [1.82, 2.24) is 9.97 Å². The van der Waals surface area contributed by atoms with Crippen LogP contribution in [0.3, 0.4) is 0 Å². The number of anilines is 2. The first kappa shape index (κ1) is 16.4. The number of hydrogen-bond donors (Lipinski definition) is 1. The molecule has 6 nitrogen and oxygen atoms in total. The standard InChI is InChI=1S/C17H19N5O/c1-3-4-11-22(2)17-19-10-9-15(21-17)16(23)20-14-8-6-5-7-13(14)12-18/h5-10H,3-4,11H2,1-2H3,(H,20,23). The van der Waals surface area contributed by atoms with Gasteiger partial charge in [0.15, 0.2) is 0 Å². The Kier molecular flexibility index (Phi) is 5.64. The van der Waals surface area contributed by atoms with Crippen LogP contribution in [0.1, 0.15) is 35.8 Å². The van der Waals surface area contributed by atoms with Crippen molar-refractivity contribution in [3.05, 3.63) is 47.8 Å². The molecule has 0 aliphatic carbocycles. The van der Waals surface area contributed by atoms with Gasteiger partial charge in [-0.05, 0) is 24.6 Å². The monoisotopic (exact) mass is 309 g/mol. The van der Waals surface area contributed by atoms with Gasteiger partial charge in [-0.2, -0.15) is 5.26 Å². The fraction of sp³-hybridized carbons (Fsp3) is 0.294. The molecule has 6 heteroatoms. The first-order valence-corrected chi connectivity index (χ1v) is 7.50. The second kappa shape index (κ2) is 7.90. The van der Waals surface area contributed by atoms with E-state index in [0.717, 1.165) is 19.4 Å². The van der Waals surface area contributed by atoms with E-state index >= 15 is 0 Å². The number of rotatable bonds is 6. The summed E-state index contributed by atoms with van der Waals surface area (Å²) < 4.78 is 0. The molecule has 0 bridgehead atoms. The zero-order chi connectivity index (χ0) is 16.7. The van der Waals surface area contributed by atoms with Gasteiger partial charge in [-0.3, -0.25) is 4.79 Å². The van der Waals surface area contributed by atoms with Gasteiger partial charge in [0.25, 0.3) is 5.91 Å². The molecule has 2 aromatic rings. The topological polar surface area (TPSA) is 81.9 Å².